The van der Waals surface area contributed by atoms with E-state index >= 15 is 0 Å². The van der Waals surface area contributed by atoms with E-state index in [1.54, 1.807) is 32.9 Å². The number of hydrogen-bond acceptors (Lipinski definition) is 8. The molecule has 0 bridgehead atoms. The lowest BCUT2D eigenvalue weighted by atomic mass is 9.65. The highest BCUT2D eigenvalue weighted by Gasteiger charge is 2.58. The van der Waals surface area contributed by atoms with E-state index in [1.807, 2.05) is 42.5 Å². The van der Waals surface area contributed by atoms with Crippen molar-refractivity contribution in [1.29, 1.82) is 0 Å². The number of amides is 2. The van der Waals surface area contributed by atoms with Gasteiger partial charge in [0.2, 0.25) is 0 Å². The number of fused-ring (bicyclic) bond motifs is 2. The Balaban J connectivity index is 1.77. The molecule has 1 aliphatic carbocycles. The predicted molar refractivity (Wildman–Crippen MR) is 160 cm³/mol. The van der Waals surface area contributed by atoms with Gasteiger partial charge in [0, 0.05) is 11.3 Å². The molecule has 1 heterocycles. The molecule has 10 heteroatoms. The van der Waals surface area contributed by atoms with Gasteiger partial charge >= 0.3 is 12.1 Å². The van der Waals surface area contributed by atoms with Crippen molar-refractivity contribution in [2.24, 2.45) is 11.7 Å². The van der Waals surface area contributed by atoms with Gasteiger partial charge < -0.3 is 25.6 Å². The molecule has 4 rings (SSSR count). The zero-order valence-corrected chi connectivity index (χ0v) is 25.6. The van der Waals surface area contributed by atoms with Crippen molar-refractivity contribution in [1.82, 2.24) is 10.2 Å². The number of rotatable bonds is 9. The lowest BCUT2D eigenvalue weighted by molar-refractivity contribution is -0.155. The summed E-state index contributed by atoms with van der Waals surface area (Å²) in [5.74, 6) is -4.28. The molecule has 3 unspecified atom stereocenters. The minimum atomic E-state index is -1.50. The van der Waals surface area contributed by atoms with Gasteiger partial charge in [-0.3, -0.25) is 14.4 Å². The Bertz CT molecular complexity index is 1340. The molecule has 232 valence electrons. The average Bonchev–Trinajstić information content (AvgIpc) is 3.21. The lowest BCUT2D eigenvalue weighted by Gasteiger charge is -2.41. The number of Topliss-reactive ketones (excluding diaryl/α,β-unsaturated/α-hetero) is 1. The number of piperidine rings is 1. The molecule has 2 aliphatic rings. The number of nitrogens with one attached hydrogen (secondary N) is 1. The molecule has 1 saturated heterocycles. The van der Waals surface area contributed by atoms with Crippen LogP contribution < -0.4 is 11.1 Å². The third-order valence-corrected chi connectivity index (χ3v) is 8.18. The van der Waals surface area contributed by atoms with Crippen LogP contribution in [0.1, 0.15) is 76.5 Å². The van der Waals surface area contributed by atoms with Gasteiger partial charge in [-0.15, -0.1) is 0 Å². The first-order valence-corrected chi connectivity index (χ1v) is 14.7. The molecule has 1 spiro atoms. The second-order valence-electron chi connectivity index (χ2n) is 13.1. The number of aliphatic carboxylic acids is 1. The molecule has 4 N–H and O–H groups in total. The van der Waals surface area contributed by atoms with Crippen molar-refractivity contribution in [3.8, 4) is 0 Å². The molecule has 3 atom stereocenters. The summed E-state index contributed by atoms with van der Waals surface area (Å²) in [4.78, 5) is 55.4. The summed E-state index contributed by atoms with van der Waals surface area (Å²) in [7, 11) is 0. The van der Waals surface area contributed by atoms with Gasteiger partial charge in [0.1, 0.15) is 11.4 Å². The number of nitrogens with zero attached hydrogens (tertiary/aromatic N) is 1. The number of benzene rings is 2. The van der Waals surface area contributed by atoms with Gasteiger partial charge in [-0.25, -0.2) is 9.69 Å². The van der Waals surface area contributed by atoms with Crippen LogP contribution in [-0.4, -0.2) is 64.2 Å². The molecular formula is C33H43N3O7. The van der Waals surface area contributed by atoms with Crippen molar-refractivity contribution in [2.45, 2.75) is 89.2 Å². The summed E-state index contributed by atoms with van der Waals surface area (Å²) >= 11 is 0. The summed E-state index contributed by atoms with van der Waals surface area (Å²) < 4.78 is 11.8. The fourth-order valence-corrected chi connectivity index (χ4v) is 6.35. The molecule has 0 radical (unpaired) electrons. The second kappa shape index (κ2) is 12.6. The third kappa shape index (κ3) is 6.98. The van der Waals surface area contributed by atoms with Crippen LogP contribution in [0.3, 0.4) is 0 Å². The number of ether oxygens (including phenoxy) is 2. The van der Waals surface area contributed by atoms with Crippen LogP contribution in [0.4, 0.5) is 4.79 Å². The summed E-state index contributed by atoms with van der Waals surface area (Å²) in [5, 5.41) is 13.8. The number of carbonyl (C=O) groups excluding carboxylic acids is 3. The van der Waals surface area contributed by atoms with Crippen molar-refractivity contribution in [3.63, 3.8) is 0 Å². The highest BCUT2D eigenvalue weighted by Crippen LogP contribution is 2.56. The van der Waals surface area contributed by atoms with E-state index in [1.165, 1.54) is 13.8 Å². The summed E-state index contributed by atoms with van der Waals surface area (Å²) in [6.07, 6.45) is -1.67. The van der Waals surface area contributed by atoms with E-state index in [2.05, 4.69) is 5.32 Å². The first-order valence-electron chi connectivity index (χ1n) is 14.7. The van der Waals surface area contributed by atoms with Gasteiger partial charge in [-0.1, -0.05) is 54.6 Å². The minimum absolute atomic E-state index is 0.0152. The first kappa shape index (κ1) is 32.3. The molecule has 10 nitrogen and oxygen atoms in total. The van der Waals surface area contributed by atoms with Crippen molar-refractivity contribution in [2.75, 3.05) is 13.1 Å². The molecule has 1 fully saturated rings. The molecule has 0 aromatic heterocycles. The maximum absolute atomic E-state index is 14.5. The summed E-state index contributed by atoms with van der Waals surface area (Å²) in [5.41, 5.74) is 5.27. The average molecular weight is 594 g/mol. The fraction of sp³-hybridized carbons (Fsp3) is 0.515. The van der Waals surface area contributed by atoms with Gasteiger partial charge in [0.05, 0.1) is 24.5 Å². The van der Waals surface area contributed by atoms with Crippen LogP contribution in [0.2, 0.25) is 0 Å². The number of imide groups is 1. The maximum Gasteiger partial charge on any atom is 0.419 e. The Morgan fingerprint density at radius 2 is 1.60 bits per heavy atom. The zero-order chi connectivity index (χ0) is 31.6. The fourth-order valence-electron chi connectivity index (χ4n) is 6.35. The van der Waals surface area contributed by atoms with Crippen LogP contribution in [0.15, 0.2) is 54.6 Å². The number of hydrogen-bond donors (Lipinski definition) is 3. The number of carbonyl (C=O) groups is 4. The topological polar surface area (TPSA) is 148 Å². The maximum atomic E-state index is 14.5. The van der Waals surface area contributed by atoms with E-state index in [4.69, 9.17) is 15.2 Å². The van der Waals surface area contributed by atoms with Crippen molar-refractivity contribution >= 4 is 23.8 Å². The monoisotopic (exact) mass is 593 g/mol. The highest BCUT2D eigenvalue weighted by molar-refractivity contribution is 5.98. The quantitative estimate of drug-likeness (QED) is 0.365. The summed E-state index contributed by atoms with van der Waals surface area (Å²) in [6.45, 7) is 9.16. The van der Waals surface area contributed by atoms with E-state index in [-0.39, 0.29) is 6.61 Å². The Kier molecular flexibility index (Phi) is 9.44. The number of carboxylic acids is 1. The molecule has 1 aliphatic heterocycles. The van der Waals surface area contributed by atoms with E-state index < -0.39 is 64.8 Å². The number of ketones is 1. The standard InChI is InChI=1S/C33H43N3O7/c1-31(2,3)43-30(41)36(29(40)32(4,5)34)25(42-20-21-11-7-6-8-12-21)19-24(37)27-26(28(38)39)22-13-9-10-14-23(22)33(27)15-17-35-18-16-33/h6-14,25-27,35H,15-20,34H2,1-5H3,(H,38,39). The number of carboxylic acid groups (broad SMARTS) is 1. The van der Waals surface area contributed by atoms with Gasteiger partial charge in [-0.05, 0) is 77.2 Å². The smallest absolute Gasteiger partial charge is 0.419 e. The van der Waals surface area contributed by atoms with Gasteiger partial charge in [0.25, 0.3) is 5.91 Å². The zero-order valence-electron chi connectivity index (χ0n) is 25.6. The van der Waals surface area contributed by atoms with E-state index in [0.29, 0.717) is 31.5 Å². The first-order chi connectivity index (χ1) is 20.2. The molecule has 2 amide bonds. The normalized spacial score (nSPS) is 20.2. The van der Waals surface area contributed by atoms with Crippen LogP contribution in [0.25, 0.3) is 0 Å². The Labute approximate surface area is 252 Å². The van der Waals surface area contributed by atoms with Crippen LogP contribution in [-0.2, 0) is 35.9 Å². The molecule has 43 heavy (non-hydrogen) atoms. The van der Waals surface area contributed by atoms with Crippen LogP contribution in [0, 0.1) is 5.92 Å². The molecular weight excluding hydrogens is 550 g/mol. The molecule has 2 aromatic rings. The Morgan fingerprint density at radius 3 is 2.19 bits per heavy atom. The molecule has 0 saturated carbocycles. The third-order valence-electron chi connectivity index (χ3n) is 8.18. The van der Waals surface area contributed by atoms with Crippen LogP contribution in [0.5, 0.6) is 0 Å². The predicted octanol–water partition coefficient (Wildman–Crippen LogP) is 4.11. The van der Waals surface area contributed by atoms with Gasteiger partial charge in [-0.2, -0.15) is 0 Å². The Morgan fingerprint density at radius 1 is 1.00 bits per heavy atom. The Hall–Kier alpha value is -3.60. The van der Waals surface area contributed by atoms with Crippen molar-refractivity contribution < 1.29 is 33.8 Å². The largest absolute Gasteiger partial charge is 0.481 e. The SMILES string of the molecule is CC(C)(C)OC(=O)N(C(=O)C(C)(C)N)C(CC(=O)C1C(C(=O)O)c2ccccc2C12CCNCC2)OCc1ccccc1. The van der Waals surface area contributed by atoms with E-state index in [9.17, 15) is 24.3 Å². The lowest BCUT2D eigenvalue weighted by Crippen LogP contribution is -2.58. The van der Waals surface area contributed by atoms with E-state index in [0.717, 1.165) is 16.0 Å². The second-order valence-corrected chi connectivity index (χ2v) is 13.1. The number of nitrogens with two attached hydrogens (primary N) is 1. The molecule has 2 aromatic carbocycles. The minimum Gasteiger partial charge on any atom is -0.481 e. The summed E-state index contributed by atoms with van der Waals surface area (Å²) in [6, 6.07) is 16.5. The van der Waals surface area contributed by atoms with Crippen molar-refractivity contribution in [3.05, 3.63) is 71.3 Å². The van der Waals surface area contributed by atoms with Gasteiger partial charge in [0.15, 0.2) is 6.23 Å². The van der Waals surface area contributed by atoms with Crippen LogP contribution >= 0.6 is 0 Å². The highest BCUT2D eigenvalue weighted by atomic mass is 16.6.